The standard InChI is InChI=1S/C7H9N3O2/c1-4-9-3-5(2-6(8)11)7(12)10-4/h3H,2H2,1H3,(H2,8,11)(H,9,10,12). The molecule has 1 rings (SSSR count). The molecule has 0 atom stereocenters. The van der Waals surface area contributed by atoms with Gasteiger partial charge in [0.1, 0.15) is 5.82 Å². The van der Waals surface area contributed by atoms with E-state index in [4.69, 9.17) is 5.73 Å². The first-order valence-electron chi connectivity index (χ1n) is 3.42. The molecule has 0 saturated heterocycles. The van der Waals surface area contributed by atoms with Gasteiger partial charge in [-0.3, -0.25) is 9.59 Å². The van der Waals surface area contributed by atoms with Gasteiger partial charge >= 0.3 is 0 Å². The van der Waals surface area contributed by atoms with Gasteiger partial charge in [0.2, 0.25) is 5.91 Å². The number of nitrogens with zero attached hydrogens (tertiary/aromatic N) is 1. The maximum Gasteiger partial charge on any atom is 0.254 e. The number of primary amides is 1. The van der Waals surface area contributed by atoms with E-state index in [0.717, 1.165) is 0 Å². The molecule has 3 N–H and O–H groups in total. The van der Waals surface area contributed by atoms with E-state index in [9.17, 15) is 9.59 Å². The lowest BCUT2D eigenvalue weighted by atomic mass is 10.2. The van der Waals surface area contributed by atoms with Crippen molar-refractivity contribution in [3.8, 4) is 0 Å². The van der Waals surface area contributed by atoms with Crippen LogP contribution in [0.2, 0.25) is 0 Å². The Kier molecular flexibility index (Phi) is 2.23. The first kappa shape index (κ1) is 8.45. The summed E-state index contributed by atoms with van der Waals surface area (Å²) in [6.07, 6.45) is 1.29. The van der Waals surface area contributed by atoms with Crippen LogP contribution in [0.4, 0.5) is 0 Å². The van der Waals surface area contributed by atoms with Crippen LogP contribution in [-0.2, 0) is 11.2 Å². The lowest BCUT2D eigenvalue weighted by Gasteiger charge is -1.95. The monoisotopic (exact) mass is 167 g/mol. The second-order valence-corrected chi connectivity index (χ2v) is 2.47. The van der Waals surface area contributed by atoms with E-state index in [1.54, 1.807) is 6.92 Å². The lowest BCUT2D eigenvalue weighted by Crippen LogP contribution is -2.22. The number of hydrogen-bond donors (Lipinski definition) is 2. The highest BCUT2D eigenvalue weighted by molar-refractivity contribution is 5.76. The molecule has 0 spiro atoms. The summed E-state index contributed by atoms with van der Waals surface area (Å²) in [5.74, 6) is -0.0145. The first-order valence-corrected chi connectivity index (χ1v) is 3.42. The number of nitrogens with one attached hydrogen (secondary N) is 1. The third-order valence-corrected chi connectivity index (χ3v) is 1.36. The van der Waals surface area contributed by atoms with Crippen LogP contribution in [-0.4, -0.2) is 15.9 Å². The normalized spacial score (nSPS) is 9.75. The molecule has 1 heterocycles. The van der Waals surface area contributed by atoms with Crippen molar-refractivity contribution >= 4 is 5.91 Å². The van der Waals surface area contributed by atoms with Crippen LogP contribution >= 0.6 is 0 Å². The van der Waals surface area contributed by atoms with Crippen LogP contribution in [0, 0.1) is 6.92 Å². The van der Waals surface area contributed by atoms with Crippen LogP contribution in [0.1, 0.15) is 11.4 Å². The Labute approximate surface area is 68.6 Å². The first-order chi connectivity index (χ1) is 5.59. The van der Waals surface area contributed by atoms with Crippen molar-refractivity contribution < 1.29 is 4.79 Å². The van der Waals surface area contributed by atoms with Gasteiger partial charge in [0.05, 0.1) is 6.42 Å². The quantitative estimate of drug-likeness (QED) is 0.598. The summed E-state index contributed by atoms with van der Waals surface area (Å²) in [5.41, 5.74) is 4.91. The van der Waals surface area contributed by atoms with Crippen LogP contribution in [0.15, 0.2) is 11.0 Å². The van der Waals surface area contributed by atoms with E-state index in [-0.39, 0.29) is 12.0 Å². The molecule has 0 unspecified atom stereocenters. The summed E-state index contributed by atoms with van der Waals surface area (Å²) in [6.45, 7) is 1.66. The number of nitrogens with two attached hydrogens (primary N) is 1. The van der Waals surface area contributed by atoms with Gasteiger partial charge in [0.25, 0.3) is 5.56 Å². The molecule has 0 aliphatic rings. The van der Waals surface area contributed by atoms with Gasteiger partial charge in [0, 0.05) is 11.8 Å². The molecule has 1 aromatic heterocycles. The van der Waals surface area contributed by atoms with Crippen LogP contribution in [0.3, 0.4) is 0 Å². The summed E-state index contributed by atoms with van der Waals surface area (Å²) in [5, 5.41) is 0. The Morgan fingerprint density at radius 1 is 1.75 bits per heavy atom. The number of aryl methyl sites for hydroxylation is 1. The molecule has 1 aromatic rings. The molecule has 0 fully saturated rings. The fourth-order valence-electron chi connectivity index (χ4n) is 0.824. The Morgan fingerprint density at radius 2 is 2.42 bits per heavy atom. The number of rotatable bonds is 2. The Balaban J connectivity index is 3.02. The minimum absolute atomic E-state index is 0.0669. The third-order valence-electron chi connectivity index (χ3n) is 1.36. The molecule has 0 aliphatic carbocycles. The van der Waals surface area contributed by atoms with Gasteiger partial charge in [-0.15, -0.1) is 0 Å². The number of aromatic amines is 1. The minimum Gasteiger partial charge on any atom is -0.369 e. The van der Waals surface area contributed by atoms with E-state index in [2.05, 4.69) is 9.97 Å². The van der Waals surface area contributed by atoms with E-state index in [0.29, 0.717) is 11.4 Å². The van der Waals surface area contributed by atoms with Crippen molar-refractivity contribution in [2.24, 2.45) is 5.73 Å². The number of amides is 1. The van der Waals surface area contributed by atoms with Crippen molar-refractivity contribution in [2.45, 2.75) is 13.3 Å². The van der Waals surface area contributed by atoms with Crippen LogP contribution in [0.5, 0.6) is 0 Å². The predicted octanol–water partition coefficient (Wildman–Crippen LogP) is -0.894. The third kappa shape index (κ3) is 1.91. The van der Waals surface area contributed by atoms with Crippen molar-refractivity contribution in [3.05, 3.63) is 27.9 Å². The zero-order chi connectivity index (χ0) is 9.14. The molecular weight excluding hydrogens is 158 g/mol. The predicted molar refractivity (Wildman–Crippen MR) is 42.5 cm³/mol. The van der Waals surface area contributed by atoms with E-state index >= 15 is 0 Å². The van der Waals surface area contributed by atoms with Gasteiger partial charge in [-0.2, -0.15) is 0 Å². The smallest absolute Gasteiger partial charge is 0.254 e. The lowest BCUT2D eigenvalue weighted by molar-refractivity contribution is -0.117. The van der Waals surface area contributed by atoms with Crippen molar-refractivity contribution in [3.63, 3.8) is 0 Å². The SMILES string of the molecule is Cc1ncc(CC(N)=O)c(=O)[nH]1. The Hall–Kier alpha value is -1.65. The minimum atomic E-state index is -0.536. The fourth-order valence-corrected chi connectivity index (χ4v) is 0.824. The van der Waals surface area contributed by atoms with Crippen molar-refractivity contribution in [2.75, 3.05) is 0 Å². The highest BCUT2D eigenvalue weighted by atomic mass is 16.1. The second kappa shape index (κ2) is 3.17. The van der Waals surface area contributed by atoms with Gasteiger partial charge < -0.3 is 10.7 Å². The Bertz CT molecular complexity index is 356. The second-order valence-electron chi connectivity index (χ2n) is 2.47. The Morgan fingerprint density at radius 3 is 2.92 bits per heavy atom. The van der Waals surface area contributed by atoms with E-state index in [1.807, 2.05) is 0 Å². The number of hydrogen-bond acceptors (Lipinski definition) is 3. The molecule has 12 heavy (non-hydrogen) atoms. The number of aromatic nitrogens is 2. The average molecular weight is 167 g/mol. The largest absolute Gasteiger partial charge is 0.369 e. The average Bonchev–Trinajstić information content (AvgIpc) is 1.94. The molecule has 0 aromatic carbocycles. The fraction of sp³-hybridized carbons (Fsp3) is 0.286. The molecule has 5 heteroatoms. The molecule has 0 aliphatic heterocycles. The molecule has 0 saturated carbocycles. The maximum atomic E-state index is 11.1. The van der Waals surface area contributed by atoms with Crippen LogP contribution < -0.4 is 11.3 Å². The van der Waals surface area contributed by atoms with E-state index < -0.39 is 5.91 Å². The number of carbonyl (C=O) groups is 1. The molecule has 5 nitrogen and oxygen atoms in total. The topological polar surface area (TPSA) is 88.8 Å². The van der Waals surface area contributed by atoms with Crippen molar-refractivity contribution in [1.29, 1.82) is 0 Å². The zero-order valence-corrected chi connectivity index (χ0v) is 6.63. The zero-order valence-electron chi connectivity index (χ0n) is 6.63. The van der Waals surface area contributed by atoms with Crippen LogP contribution in [0.25, 0.3) is 0 Å². The van der Waals surface area contributed by atoms with Gasteiger partial charge in [-0.1, -0.05) is 0 Å². The summed E-state index contributed by atoms with van der Waals surface area (Å²) >= 11 is 0. The van der Waals surface area contributed by atoms with Crippen molar-refractivity contribution in [1.82, 2.24) is 9.97 Å². The molecule has 1 amide bonds. The number of H-pyrrole nitrogens is 1. The molecule has 0 radical (unpaired) electrons. The number of carbonyl (C=O) groups excluding carboxylic acids is 1. The van der Waals surface area contributed by atoms with E-state index in [1.165, 1.54) is 6.20 Å². The summed E-state index contributed by atoms with van der Waals surface area (Å²) in [4.78, 5) is 27.8. The summed E-state index contributed by atoms with van der Waals surface area (Å²) in [6, 6.07) is 0. The highest BCUT2D eigenvalue weighted by Crippen LogP contribution is 1.89. The summed E-state index contributed by atoms with van der Waals surface area (Å²) < 4.78 is 0. The maximum absolute atomic E-state index is 11.1. The molecule has 64 valence electrons. The summed E-state index contributed by atoms with van der Waals surface area (Å²) in [7, 11) is 0. The molecule has 0 bridgehead atoms. The van der Waals surface area contributed by atoms with Gasteiger partial charge in [-0.25, -0.2) is 4.98 Å². The van der Waals surface area contributed by atoms with Gasteiger partial charge in [-0.05, 0) is 6.92 Å². The van der Waals surface area contributed by atoms with Gasteiger partial charge in [0.15, 0.2) is 0 Å². The molecular formula is C7H9N3O2. The highest BCUT2D eigenvalue weighted by Gasteiger charge is 2.03.